The Labute approximate surface area is 246 Å². The molecule has 1 aliphatic carbocycles. The van der Waals surface area contributed by atoms with Gasteiger partial charge in [-0.15, -0.1) is 0 Å². The Balaban J connectivity index is 1.57. The first-order chi connectivity index (χ1) is 19.7. The third kappa shape index (κ3) is 2.70. The van der Waals surface area contributed by atoms with Crippen LogP contribution in [0.4, 0.5) is 0 Å². The third-order valence-electron chi connectivity index (χ3n) is 10.5. The molecule has 0 bridgehead atoms. The van der Waals surface area contributed by atoms with Gasteiger partial charge in [0.05, 0.1) is 33.0 Å². The van der Waals surface area contributed by atoms with Gasteiger partial charge in [0.1, 0.15) is 0 Å². The number of aromatic nitrogens is 3. The summed E-state index contributed by atoms with van der Waals surface area (Å²) in [4.78, 5) is 2.88. The van der Waals surface area contributed by atoms with Gasteiger partial charge in [-0.25, -0.2) is 4.57 Å². The van der Waals surface area contributed by atoms with E-state index in [1.54, 1.807) is 11.1 Å². The van der Waals surface area contributed by atoms with Gasteiger partial charge in [-0.1, -0.05) is 77.6 Å². The fourth-order valence-corrected chi connectivity index (χ4v) is 10.1. The lowest BCUT2D eigenvalue weighted by Gasteiger charge is -2.43. The Bertz CT molecular complexity index is 1940. The summed E-state index contributed by atoms with van der Waals surface area (Å²) in [5.74, 6) is 1.92. The van der Waals surface area contributed by atoms with Gasteiger partial charge in [0.25, 0.3) is 0 Å². The van der Waals surface area contributed by atoms with Crippen molar-refractivity contribution < 1.29 is 9.13 Å². The van der Waals surface area contributed by atoms with Crippen LogP contribution in [0.15, 0.2) is 82.7 Å². The molecule has 0 amide bonds. The summed E-state index contributed by atoms with van der Waals surface area (Å²) in [5, 5.41) is 0. The van der Waals surface area contributed by atoms with Gasteiger partial charge < -0.3 is 0 Å². The molecule has 1 unspecified atom stereocenters. The topological polar surface area (TPSA) is 12.7 Å². The Morgan fingerprint density at radius 2 is 1.63 bits per heavy atom. The SMILES string of the molecule is CC(C)Cn1c2[n+]3c4c(cccc41)Sc1c-3c(cc3c1C(C)(C)CCC3(C)C)C21c2ccccc2-c2cccc[n+]21. The number of pyridine rings is 1. The fourth-order valence-electron chi connectivity index (χ4n) is 8.68. The lowest BCUT2D eigenvalue weighted by atomic mass is 9.62. The van der Waals surface area contributed by atoms with Gasteiger partial charge in [-0.05, 0) is 71.0 Å². The Morgan fingerprint density at radius 1 is 0.854 bits per heavy atom. The summed E-state index contributed by atoms with van der Waals surface area (Å²) >= 11 is 2.03. The highest BCUT2D eigenvalue weighted by atomic mass is 32.2. The molecule has 0 saturated heterocycles. The first-order valence-corrected chi connectivity index (χ1v) is 16.1. The van der Waals surface area contributed by atoms with Crippen LogP contribution in [-0.4, -0.2) is 4.57 Å². The van der Waals surface area contributed by atoms with Crippen LogP contribution >= 0.6 is 11.8 Å². The van der Waals surface area contributed by atoms with Crippen LogP contribution in [0, 0.1) is 5.92 Å². The van der Waals surface area contributed by atoms with Crippen molar-refractivity contribution in [3.8, 4) is 16.9 Å². The van der Waals surface area contributed by atoms with Crippen molar-refractivity contribution >= 4 is 22.8 Å². The van der Waals surface area contributed by atoms with Crippen molar-refractivity contribution in [3.63, 3.8) is 0 Å². The van der Waals surface area contributed by atoms with E-state index >= 15 is 0 Å². The zero-order chi connectivity index (χ0) is 28.1. The fraction of sp³-hybridized carbons (Fsp3) is 0.351. The smallest absolute Gasteiger partial charge is 0.220 e. The van der Waals surface area contributed by atoms with E-state index in [2.05, 4.69) is 128 Å². The second-order valence-corrected chi connectivity index (χ2v) is 15.4. The molecule has 5 aromatic rings. The molecule has 204 valence electrons. The summed E-state index contributed by atoms with van der Waals surface area (Å²) in [7, 11) is 0. The summed E-state index contributed by atoms with van der Waals surface area (Å²) in [5.41, 5.74) is 12.6. The minimum absolute atomic E-state index is 0.123. The van der Waals surface area contributed by atoms with E-state index in [0.717, 1.165) is 6.54 Å². The maximum absolute atomic E-state index is 2.71. The summed E-state index contributed by atoms with van der Waals surface area (Å²) in [6.45, 7) is 15.6. The molecule has 1 spiro atoms. The Kier molecular flexibility index (Phi) is 4.45. The molecule has 3 aromatic carbocycles. The van der Waals surface area contributed by atoms with Crippen molar-refractivity contribution in [2.75, 3.05) is 0 Å². The molecular weight excluding hydrogens is 518 g/mol. The van der Waals surface area contributed by atoms with Crippen molar-refractivity contribution in [1.29, 1.82) is 0 Å². The number of rotatable bonds is 2. The van der Waals surface area contributed by atoms with Gasteiger partial charge in [0.15, 0.2) is 22.9 Å². The van der Waals surface area contributed by atoms with Gasteiger partial charge in [-0.2, -0.15) is 9.13 Å². The third-order valence-corrected chi connectivity index (χ3v) is 11.7. The van der Waals surface area contributed by atoms with E-state index in [1.807, 2.05) is 11.8 Å². The van der Waals surface area contributed by atoms with E-state index in [9.17, 15) is 0 Å². The zero-order valence-corrected chi connectivity index (χ0v) is 25.7. The number of hydrogen-bond acceptors (Lipinski definition) is 1. The molecule has 0 N–H and O–H groups in total. The average molecular weight is 556 g/mol. The molecule has 2 aromatic heterocycles. The minimum atomic E-state index is -0.431. The van der Waals surface area contributed by atoms with Crippen LogP contribution < -0.4 is 9.13 Å². The molecule has 0 fully saturated rings. The molecule has 3 aliphatic heterocycles. The lowest BCUT2D eigenvalue weighted by molar-refractivity contribution is -0.733. The summed E-state index contributed by atoms with van der Waals surface area (Å²) < 4.78 is 8.00. The molecule has 41 heavy (non-hydrogen) atoms. The quantitative estimate of drug-likeness (QED) is 0.198. The molecule has 4 aliphatic rings. The largest absolute Gasteiger partial charge is 0.347 e. The van der Waals surface area contributed by atoms with Crippen molar-refractivity contribution in [1.82, 2.24) is 4.57 Å². The van der Waals surface area contributed by atoms with Crippen molar-refractivity contribution in [3.05, 3.63) is 101 Å². The molecule has 5 heterocycles. The summed E-state index contributed by atoms with van der Waals surface area (Å²) in [6.07, 6.45) is 4.77. The van der Waals surface area contributed by atoms with E-state index < -0.39 is 5.54 Å². The Hall–Kier alpha value is -3.37. The van der Waals surface area contributed by atoms with E-state index in [1.165, 1.54) is 67.6 Å². The van der Waals surface area contributed by atoms with Gasteiger partial charge in [-0.3, -0.25) is 0 Å². The molecule has 9 rings (SSSR count). The number of benzene rings is 3. The van der Waals surface area contributed by atoms with Gasteiger partial charge >= 0.3 is 11.4 Å². The maximum atomic E-state index is 2.71. The Morgan fingerprint density at radius 3 is 2.46 bits per heavy atom. The number of nitrogens with zero attached hydrogens (tertiary/aromatic N) is 3. The monoisotopic (exact) mass is 555 g/mol. The second-order valence-electron chi connectivity index (χ2n) is 14.4. The molecule has 1 atom stereocenters. The molecule has 4 heteroatoms. The van der Waals surface area contributed by atoms with E-state index in [4.69, 9.17) is 0 Å². The maximum Gasteiger partial charge on any atom is 0.347 e. The molecular formula is C37H37N3S+2. The van der Waals surface area contributed by atoms with E-state index in [-0.39, 0.29) is 10.8 Å². The first-order valence-electron chi connectivity index (χ1n) is 15.3. The number of hydrogen-bond donors (Lipinski definition) is 0. The highest BCUT2D eigenvalue weighted by molar-refractivity contribution is 7.99. The van der Waals surface area contributed by atoms with Gasteiger partial charge in [0, 0.05) is 12.1 Å². The highest BCUT2D eigenvalue weighted by Crippen LogP contribution is 2.60. The van der Waals surface area contributed by atoms with Crippen LogP contribution in [0.25, 0.3) is 28.0 Å². The van der Waals surface area contributed by atoms with Gasteiger partial charge in [0.2, 0.25) is 5.69 Å². The van der Waals surface area contributed by atoms with Crippen molar-refractivity contribution in [2.45, 2.75) is 87.1 Å². The molecule has 3 nitrogen and oxygen atoms in total. The lowest BCUT2D eigenvalue weighted by Crippen LogP contribution is -2.57. The first kappa shape index (κ1) is 24.2. The van der Waals surface area contributed by atoms with Crippen LogP contribution in [0.1, 0.15) is 82.5 Å². The standard InChI is InChI=1S/C37H37N3S/c1-22(2)21-38-28-15-11-16-29-32(28)40-31-26(20-25-30(33(31)41-29)36(5,6)18-17-35(25,3)4)37(34(38)40)24-13-8-7-12-23(24)27-14-9-10-19-39(27)37/h7-16,19-20,22H,17-18,21H2,1-6H3/q+2. The average Bonchev–Trinajstić information content (AvgIpc) is 3.54. The van der Waals surface area contributed by atoms with Crippen molar-refractivity contribution in [2.24, 2.45) is 5.92 Å². The normalized spacial score (nSPS) is 21.4. The zero-order valence-electron chi connectivity index (χ0n) is 24.9. The number of imidazole rings is 1. The van der Waals surface area contributed by atoms with Crippen LogP contribution in [0.5, 0.6) is 0 Å². The molecule has 0 saturated carbocycles. The summed E-state index contributed by atoms with van der Waals surface area (Å²) in [6, 6.07) is 25.6. The predicted octanol–water partition coefficient (Wildman–Crippen LogP) is 7.81. The van der Waals surface area contributed by atoms with Crippen LogP contribution in [0.3, 0.4) is 0 Å². The van der Waals surface area contributed by atoms with E-state index in [0.29, 0.717) is 5.92 Å². The minimum Gasteiger partial charge on any atom is -0.220 e. The highest BCUT2D eigenvalue weighted by Gasteiger charge is 2.69. The number of para-hydroxylation sites is 1. The number of fused-ring (bicyclic) bond motifs is 9. The van der Waals surface area contributed by atoms with Crippen LogP contribution in [-0.2, 0) is 22.9 Å². The molecule has 0 radical (unpaired) electrons. The predicted molar refractivity (Wildman–Crippen MR) is 165 cm³/mol. The second kappa shape index (κ2) is 7.52. The van der Waals surface area contributed by atoms with Crippen LogP contribution in [0.2, 0.25) is 0 Å².